The average Bonchev–Trinajstić information content (AvgIpc) is 2.71. The third-order valence-corrected chi connectivity index (χ3v) is 3.64. The molecule has 3 aromatic rings. The second-order valence-corrected chi connectivity index (χ2v) is 4.98. The van der Waals surface area contributed by atoms with E-state index in [-0.39, 0.29) is 5.76 Å². The fourth-order valence-electron chi connectivity index (χ4n) is 1.98. The monoisotopic (exact) mass is 293 g/mol. The topological polar surface area (TPSA) is 35.1 Å². The van der Waals surface area contributed by atoms with Crippen molar-refractivity contribution in [1.29, 1.82) is 0 Å². The highest BCUT2D eigenvalue weighted by molar-refractivity contribution is 6.42. The number of oxazole rings is 1. The van der Waals surface area contributed by atoms with Crippen LogP contribution >= 0.6 is 23.2 Å². The van der Waals surface area contributed by atoms with Gasteiger partial charge in [0.2, 0.25) is 0 Å². The normalized spacial score (nSPS) is 11.1. The number of hydrogen-bond donors (Lipinski definition) is 0. The molecule has 5 heteroatoms. The minimum Gasteiger partial charge on any atom is -0.408 e. The maximum Gasteiger partial charge on any atom is 0.420 e. The van der Waals surface area contributed by atoms with E-state index in [9.17, 15) is 4.79 Å². The smallest absolute Gasteiger partial charge is 0.408 e. The number of fused-ring (bicyclic) bond motifs is 1. The second kappa shape index (κ2) is 4.76. The lowest BCUT2D eigenvalue weighted by molar-refractivity contribution is 0.517. The molecule has 1 aromatic heterocycles. The minimum atomic E-state index is -0.382. The molecule has 96 valence electrons. The Morgan fingerprint density at radius 3 is 2.63 bits per heavy atom. The summed E-state index contributed by atoms with van der Waals surface area (Å²) in [5.74, 6) is -0.382. The van der Waals surface area contributed by atoms with Gasteiger partial charge in [-0.25, -0.2) is 4.79 Å². The molecule has 0 radical (unpaired) electrons. The SMILES string of the molecule is O=c1oc2ccccc2n1Cc1ccc(Cl)c(Cl)c1. The maximum absolute atomic E-state index is 11.8. The molecule has 0 aliphatic heterocycles. The van der Waals surface area contributed by atoms with Gasteiger partial charge in [0.1, 0.15) is 0 Å². The fourth-order valence-corrected chi connectivity index (χ4v) is 2.30. The lowest BCUT2D eigenvalue weighted by Crippen LogP contribution is -2.14. The maximum atomic E-state index is 11.8. The summed E-state index contributed by atoms with van der Waals surface area (Å²) in [6.45, 7) is 0.396. The van der Waals surface area contributed by atoms with Crippen molar-refractivity contribution in [1.82, 2.24) is 4.57 Å². The minimum absolute atomic E-state index is 0.382. The standard InChI is InChI=1S/C14H9Cl2NO2/c15-10-6-5-9(7-11(10)16)8-17-12-3-1-2-4-13(12)19-14(17)18/h1-7H,8H2. The van der Waals surface area contributed by atoms with Crippen LogP contribution in [0.3, 0.4) is 0 Å². The summed E-state index contributed by atoms with van der Waals surface area (Å²) in [7, 11) is 0. The molecule has 19 heavy (non-hydrogen) atoms. The summed E-state index contributed by atoms with van der Waals surface area (Å²) in [4.78, 5) is 11.8. The quantitative estimate of drug-likeness (QED) is 0.717. The molecule has 0 amide bonds. The first-order valence-corrected chi connectivity index (χ1v) is 6.43. The van der Waals surface area contributed by atoms with E-state index < -0.39 is 0 Å². The highest BCUT2D eigenvalue weighted by Gasteiger charge is 2.09. The highest BCUT2D eigenvalue weighted by atomic mass is 35.5. The Morgan fingerprint density at radius 1 is 1.05 bits per heavy atom. The van der Waals surface area contributed by atoms with Crippen molar-refractivity contribution in [3.8, 4) is 0 Å². The van der Waals surface area contributed by atoms with Crippen molar-refractivity contribution in [3.05, 3.63) is 68.6 Å². The van der Waals surface area contributed by atoms with Crippen LogP contribution in [0.4, 0.5) is 0 Å². The molecule has 0 unspecified atom stereocenters. The van der Waals surface area contributed by atoms with E-state index in [1.165, 1.54) is 0 Å². The van der Waals surface area contributed by atoms with Crippen LogP contribution in [0.1, 0.15) is 5.56 Å². The summed E-state index contributed by atoms with van der Waals surface area (Å²) in [5, 5.41) is 0.967. The Kier molecular flexibility index (Phi) is 3.09. The largest absolute Gasteiger partial charge is 0.420 e. The average molecular weight is 294 g/mol. The first kappa shape index (κ1) is 12.3. The molecular weight excluding hydrogens is 285 g/mol. The van der Waals surface area contributed by atoms with Crippen molar-refractivity contribution in [2.24, 2.45) is 0 Å². The Labute approximate surface area is 119 Å². The Morgan fingerprint density at radius 2 is 1.84 bits per heavy atom. The molecule has 0 saturated heterocycles. The molecule has 0 aliphatic rings. The van der Waals surface area contributed by atoms with Crippen molar-refractivity contribution < 1.29 is 4.42 Å². The molecule has 1 heterocycles. The van der Waals surface area contributed by atoms with Crippen LogP contribution in [0.5, 0.6) is 0 Å². The van der Waals surface area contributed by atoms with E-state index in [1.54, 1.807) is 22.8 Å². The molecule has 3 rings (SSSR count). The van der Waals surface area contributed by atoms with E-state index in [4.69, 9.17) is 27.6 Å². The van der Waals surface area contributed by atoms with Crippen LogP contribution in [0, 0.1) is 0 Å². The van der Waals surface area contributed by atoms with E-state index in [0.717, 1.165) is 11.1 Å². The Hall–Kier alpha value is -1.71. The van der Waals surface area contributed by atoms with Crippen molar-refractivity contribution in [2.45, 2.75) is 6.54 Å². The van der Waals surface area contributed by atoms with Gasteiger partial charge in [0.15, 0.2) is 5.58 Å². The molecular formula is C14H9Cl2NO2. The lowest BCUT2D eigenvalue weighted by Gasteiger charge is -2.04. The van der Waals surface area contributed by atoms with Gasteiger partial charge >= 0.3 is 5.76 Å². The van der Waals surface area contributed by atoms with Gasteiger partial charge in [-0.05, 0) is 29.8 Å². The predicted molar refractivity (Wildman–Crippen MR) is 76.0 cm³/mol. The van der Waals surface area contributed by atoms with Crippen molar-refractivity contribution in [2.75, 3.05) is 0 Å². The number of aromatic nitrogens is 1. The Balaban J connectivity index is 2.08. The number of halogens is 2. The Bertz CT molecular complexity index is 805. The van der Waals surface area contributed by atoms with Gasteiger partial charge in [-0.15, -0.1) is 0 Å². The van der Waals surface area contributed by atoms with Gasteiger partial charge in [0, 0.05) is 0 Å². The summed E-state index contributed by atoms with van der Waals surface area (Å²) in [5.41, 5.74) is 2.23. The van der Waals surface area contributed by atoms with Crippen LogP contribution in [0.2, 0.25) is 10.0 Å². The molecule has 3 nitrogen and oxygen atoms in total. The van der Waals surface area contributed by atoms with Crippen LogP contribution in [-0.4, -0.2) is 4.57 Å². The van der Waals surface area contributed by atoms with Gasteiger partial charge in [0.25, 0.3) is 0 Å². The fraction of sp³-hybridized carbons (Fsp3) is 0.0714. The third-order valence-electron chi connectivity index (χ3n) is 2.90. The first-order chi connectivity index (χ1) is 9.15. The number of nitrogens with zero attached hydrogens (tertiary/aromatic N) is 1. The molecule has 0 spiro atoms. The molecule has 2 aromatic carbocycles. The van der Waals surface area contributed by atoms with Gasteiger partial charge in [-0.3, -0.25) is 4.57 Å². The van der Waals surface area contributed by atoms with Crippen molar-refractivity contribution in [3.63, 3.8) is 0 Å². The summed E-state index contributed by atoms with van der Waals surface area (Å²) >= 11 is 11.8. The van der Waals surface area contributed by atoms with E-state index in [1.807, 2.05) is 24.3 Å². The van der Waals surface area contributed by atoms with Gasteiger partial charge in [-0.1, -0.05) is 41.4 Å². The molecule has 0 aliphatic carbocycles. The van der Waals surface area contributed by atoms with Crippen LogP contribution in [0.15, 0.2) is 51.7 Å². The second-order valence-electron chi connectivity index (χ2n) is 4.17. The number of benzene rings is 2. The van der Waals surface area contributed by atoms with Crippen LogP contribution in [-0.2, 0) is 6.54 Å². The number of para-hydroxylation sites is 2. The van der Waals surface area contributed by atoms with Crippen LogP contribution in [0.25, 0.3) is 11.1 Å². The van der Waals surface area contributed by atoms with E-state index in [2.05, 4.69) is 0 Å². The lowest BCUT2D eigenvalue weighted by atomic mass is 10.2. The zero-order valence-corrected chi connectivity index (χ0v) is 11.3. The third kappa shape index (κ3) is 2.27. The number of rotatable bonds is 2. The van der Waals surface area contributed by atoms with Gasteiger partial charge in [0.05, 0.1) is 22.1 Å². The van der Waals surface area contributed by atoms with Crippen LogP contribution < -0.4 is 5.76 Å². The summed E-state index contributed by atoms with van der Waals surface area (Å²) < 4.78 is 6.74. The van der Waals surface area contributed by atoms with Gasteiger partial charge in [-0.2, -0.15) is 0 Å². The van der Waals surface area contributed by atoms with Crippen molar-refractivity contribution >= 4 is 34.3 Å². The summed E-state index contributed by atoms with van der Waals surface area (Å²) in [6.07, 6.45) is 0. The first-order valence-electron chi connectivity index (χ1n) is 5.67. The molecule has 0 saturated carbocycles. The summed E-state index contributed by atoms with van der Waals surface area (Å²) in [6, 6.07) is 12.6. The van der Waals surface area contributed by atoms with E-state index in [0.29, 0.717) is 22.2 Å². The molecule has 0 bridgehead atoms. The molecule has 0 N–H and O–H groups in total. The highest BCUT2D eigenvalue weighted by Crippen LogP contribution is 2.23. The zero-order valence-electron chi connectivity index (χ0n) is 9.77. The predicted octanol–water partition coefficient (Wildman–Crippen LogP) is 3.95. The van der Waals surface area contributed by atoms with E-state index >= 15 is 0 Å². The molecule has 0 fully saturated rings. The van der Waals surface area contributed by atoms with Gasteiger partial charge < -0.3 is 4.42 Å². The molecule has 0 atom stereocenters. The number of hydrogen-bond acceptors (Lipinski definition) is 2. The zero-order chi connectivity index (χ0) is 13.4.